The van der Waals surface area contributed by atoms with Crippen LogP contribution in [0.15, 0.2) is 72.8 Å². The molecule has 0 aliphatic rings. The fourth-order valence-electron chi connectivity index (χ4n) is 3.13. The highest BCUT2D eigenvalue weighted by Crippen LogP contribution is 2.32. The molecule has 3 aromatic rings. The molecule has 1 nitrogen and oxygen atoms in total. The molecule has 0 aliphatic carbocycles. The fourth-order valence-corrected chi connectivity index (χ4v) is 3.13. The van der Waals surface area contributed by atoms with Crippen LogP contribution in [0, 0.1) is 11.6 Å². The van der Waals surface area contributed by atoms with Crippen LogP contribution in [0.5, 0.6) is 5.75 Å². The third-order valence-electron chi connectivity index (χ3n) is 4.67. The summed E-state index contributed by atoms with van der Waals surface area (Å²) in [4.78, 5) is 0. The molecule has 0 heterocycles. The van der Waals surface area contributed by atoms with Gasteiger partial charge in [0.05, 0.1) is 0 Å². The molecule has 0 saturated heterocycles. The number of rotatable bonds is 7. The van der Waals surface area contributed by atoms with Crippen molar-refractivity contribution in [3.63, 3.8) is 0 Å². The van der Waals surface area contributed by atoms with Gasteiger partial charge in [-0.15, -0.1) is 0 Å². The molecule has 0 saturated carbocycles. The van der Waals surface area contributed by atoms with Crippen LogP contribution >= 0.6 is 0 Å². The zero-order valence-electron chi connectivity index (χ0n) is 16.2. The lowest BCUT2D eigenvalue weighted by Gasteiger charge is -2.10. The first-order chi connectivity index (χ1) is 13.6. The Morgan fingerprint density at radius 3 is 2.32 bits per heavy atom. The molecule has 0 fully saturated rings. The van der Waals surface area contributed by atoms with Gasteiger partial charge in [0.1, 0.15) is 12.4 Å². The second-order valence-corrected chi connectivity index (χ2v) is 6.62. The molecule has 0 unspecified atom stereocenters. The summed E-state index contributed by atoms with van der Waals surface area (Å²) in [5.74, 6) is -0.927. The summed E-state index contributed by atoms with van der Waals surface area (Å²) in [5, 5.41) is 1.02. The van der Waals surface area contributed by atoms with E-state index < -0.39 is 11.6 Å². The van der Waals surface area contributed by atoms with Gasteiger partial charge in [-0.3, -0.25) is 0 Å². The van der Waals surface area contributed by atoms with Crippen molar-refractivity contribution in [2.45, 2.75) is 26.7 Å². The van der Waals surface area contributed by atoms with E-state index in [1.165, 1.54) is 0 Å². The van der Waals surface area contributed by atoms with Crippen molar-refractivity contribution in [3.8, 4) is 16.9 Å². The van der Waals surface area contributed by atoms with E-state index in [0.29, 0.717) is 28.7 Å². The molecule has 28 heavy (non-hydrogen) atoms. The molecule has 0 N–H and O–H groups in total. The Morgan fingerprint density at radius 1 is 0.857 bits per heavy atom. The molecule has 0 amide bonds. The van der Waals surface area contributed by atoms with Crippen LogP contribution in [0.3, 0.4) is 0 Å². The number of hydrogen-bond donors (Lipinski definition) is 0. The Morgan fingerprint density at radius 2 is 1.61 bits per heavy atom. The topological polar surface area (TPSA) is 9.23 Å². The Hall–Kier alpha value is -2.94. The average molecular weight is 378 g/mol. The minimum atomic E-state index is -0.819. The minimum Gasteiger partial charge on any atom is -0.490 e. The van der Waals surface area contributed by atoms with E-state index in [9.17, 15) is 8.78 Å². The number of benzene rings is 3. The standard InChI is InChI=1S/C25H24F2O/c1-3-5-7-8-18-9-10-20-17-23(25(27)24(26)22(20)16-18)19-11-13-21(14-12-19)28-15-6-4-2/h3-6,9-14,16-17H,7-8,15H2,1-2H3/b5-3+,6-4?. The van der Waals surface area contributed by atoms with Crippen LogP contribution in [0.1, 0.15) is 25.8 Å². The van der Waals surface area contributed by atoms with Gasteiger partial charge in [-0.1, -0.05) is 48.6 Å². The predicted octanol–water partition coefficient (Wildman–Crippen LogP) is 7.25. The van der Waals surface area contributed by atoms with Gasteiger partial charge >= 0.3 is 0 Å². The molecule has 144 valence electrons. The molecular weight excluding hydrogens is 354 g/mol. The Bertz CT molecular complexity index is 1000. The first kappa shape index (κ1) is 19.8. The second-order valence-electron chi connectivity index (χ2n) is 6.62. The Kier molecular flexibility index (Phi) is 6.59. The monoisotopic (exact) mass is 378 g/mol. The zero-order chi connectivity index (χ0) is 19.9. The molecule has 0 spiro atoms. The van der Waals surface area contributed by atoms with Crippen molar-refractivity contribution in [3.05, 3.63) is 90.0 Å². The van der Waals surface area contributed by atoms with Crippen LogP contribution in [0.25, 0.3) is 21.9 Å². The van der Waals surface area contributed by atoms with E-state index in [4.69, 9.17) is 4.74 Å². The van der Waals surface area contributed by atoms with Crippen molar-refractivity contribution in [1.82, 2.24) is 0 Å². The SMILES string of the molecule is CC=CCOc1ccc(-c2cc3ccc(CC/C=C/C)cc3c(F)c2F)cc1. The number of halogens is 2. The van der Waals surface area contributed by atoms with Crippen molar-refractivity contribution in [2.24, 2.45) is 0 Å². The zero-order valence-corrected chi connectivity index (χ0v) is 16.2. The van der Waals surface area contributed by atoms with E-state index in [0.717, 1.165) is 18.4 Å². The summed E-state index contributed by atoms with van der Waals surface area (Å²) >= 11 is 0. The lowest BCUT2D eigenvalue weighted by molar-refractivity contribution is 0.363. The van der Waals surface area contributed by atoms with Gasteiger partial charge in [0.2, 0.25) is 0 Å². The third kappa shape index (κ3) is 4.48. The van der Waals surface area contributed by atoms with Crippen LogP contribution < -0.4 is 4.74 Å². The number of allylic oxidation sites excluding steroid dienone is 3. The molecule has 0 aromatic heterocycles. The summed E-state index contributed by atoms with van der Waals surface area (Å²) in [6, 6.07) is 14.3. The molecule has 0 atom stereocenters. The van der Waals surface area contributed by atoms with Gasteiger partial charge in [-0.05, 0) is 67.5 Å². The molecule has 3 heteroatoms. The summed E-state index contributed by atoms with van der Waals surface area (Å²) < 4.78 is 35.1. The van der Waals surface area contributed by atoms with Gasteiger partial charge < -0.3 is 4.74 Å². The quantitative estimate of drug-likeness (QED) is 0.393. The van der Waals surface area contributed by atoms with Gasteiger partial charge in [0.15, 0.2) is 11.6 Å². The van der Waals surface area contributed by atoms with Crippen molar-refractivity contribution < 1.29 is 13.5 Å². The first-order valence-electron chi connectivity index (χ1n) is 9.50. The molecule has 0 bridgehead atoms. The van der Waals surface area contributed by atoms with E-state index in [-0.39, 0.29) is 5.56 Å². The van der Waals surface area contributed by atoms with Gasteiger partial charge in [0.25, 0.3) is 0 Å². The maximum absolute atomic E-state index is 14.8. The van der Waals surface area contributed by atoms with Gasteiger partial charge in [0, 0.05) is 10.9 Å². The number of hydrogen-bond acceptors (Lipinski definition) is 1. The molecular formula is C25H24F2O. The smallest absolute Gasteiger partial charge is 0.167 e. The van der Waals surface area contributed by atoms with Gasteiger partial charge in [-0.2, -0.15) is 0 Å². The highest BCUT2D eigenvalue weighted by Gasteiger charge is 2.15. The lowest BCUT2D eigenvalue weighted by atomic mass is 9.97. The Labute approximate surface area is 165 Å². The summed E-state index contributed by atoms with van der Waals surface area (Å²) in [6.07, 6.45) is 9.55. The number of fused-ring (bicyclic) bond motifs is 1. The average Bonchev–Trinajstić information content (AvgIpc) is 2.72. The van der Waals surface area contributed by atoms with Gasteiger partial charge in [-0.25, -0.2) is 8.78 Å². The van der Waals surface area contributed by atoms with E-state index in [2.05, 4.69) is 6.08 Å². The minimum absolute atomic E-state index is 0.256. The van der Waals surface area contributed by atoms with E-state index in [1.807, 2.05) is 44.2 Å². The summed E-state index contributed by atoms with van der Waals surface area (Å²) in [6.45, 7) is 4.37. The highest BCUT2D eigenvalue weighted by molar-refractivity contribution is 5.89. The second kappa shape index (κ2) is 9.32. The van der Waals surface area contributed by atoms with Crippen molar-refractivity contribution in [1.29, 1.82) is 0 Å². The van der Waals surface area contributed by atoms with E-state index >= 15 is 0 Å². The van der Waals surface area contributed by atoms with Crippen LogP contribution in [0.2, 0.25) is 0 Å². The highest BCUT2D eigenvalue weighted by atomic mass is 19.2. The van der Waals surface area contributed by atoms with Crippen LogP contribution in [0.4, 0.5) is 8.78 Å². The number of aryl methyl sites for hydroxylation is 1. The Balaban J connectivity index is 1.91. The molecule has 0 radical (unpaired) electrons. The third-order valence-corrected chi connectivity index (χ3v) is 4.67. The van der Waals surface area contributed by atoms with Crippen molar-refractivity contribution in [2.75, 3.05) is 6.61 Å². The largest absolute Gasteiger partial charge is 0.490 e. The predicted molar refractivity (Wildman–Crippen MR) is 113 cm³/mol. The van der Waals surface area contributed by atoms with Crippen molar-refractivity contribution >= 4 is 10.8 Å². The molecule has 0 aliphatic heterocycles. The van der Waals surface area contributed by atoms with Crippen LogP contribution in [-0.4, -0.2) is 6.61 Å². The lowest BCUT2D eigenvalue weighted by Crippen LogP contribution is -1.95. The number of ether oxygens (including phenoxy) is 1. The summed E-state index contributed by atoms with van der Waals surface area (Å²) in [7, 11) is 0. The molecule has 3 aromatic carbocycles. The fraction of sp³-hybridized carbons (Fsp3) is 0.200. The van der Waals surface area contributed by atoms with Crippen LogP contribution in [-0.2, 0) is 6.42 Å². The summed E-state index contributed by atoms with van der Waals surface area (Å²) in [5.41, 5.74) is 1.87. The maximum Gasteiger partial charge on any atom is 0.167 e. The maximum atomic E-state index is 14.8. The first-order valence-corrected chi connectivity index (χ1v) is 9.50. The van der Waals surface area contributed by atoms with E-state index in [1.54, 1.807) is 36.4 Å². The molecule has 3 rings (SSSR count). The normalized spacial score (nSPS) is 11.7.